The highest BCUT2D eigenvalue weighted by atomic mass is 32.2. The minimum atomic E-state index is -3.51. The molecule has 1 heterocycles. The highest BCUT2D eigenvalue weighted by Crippen LogP contribution is 2.22. The van der Waals surface area contributed by atoms with Crippen molar-refractivity contribution in [3.63, 3.8) is 0 Å². The molecule has 1 aromatic heterocycles. The molecule has 7 heteroatoms. The SMILES string of the molecule is CCNS(=O)(=O)c1ccc(N)c(-n2ccc(C(C)C)n2)c1. The summed E-state index contributed by atoms with van der Waals surface area (Å²) < 4.78 is 28.2. The summed E-state index contributed by atoms with van der Waals surface area (Å²) in [6.45, 7) is 6.16. The lowest BCUT2D eigenvalue weighted by atomic mass is 10.1. The molecular formula is C14H20N4O2S. The first-order valence-electron chi connectivity index (χ1n) is 6.80. The first-order chi connectivity index (χ1) is 9.85. The van der Waals surface area contributed by atoms with E-state index in [9.17, 15) is 8.42 Å². The normalized spacial score (nSPS) is 12.0. The number of hydrogen-bond acceptors (Lipinski definition) is 4. The lowest BCUT2D eigenvalue weighted by Gasteiger charge is -2.10. The van der Waals surface area contributed by atoms with Gasteiger partial charge < -0.3 is 5.73 Å². The molecule has 0 fully saturated rings. The van der Waals surface area contributed by atoms with E-state index in [-0.39, 0.29) is 4.90 Å². The molecule has 2 aromatic rings. The predicted molar refractivity (Wildman–Crippen MR) is 82.9 cm³/mol. The van der Waals surface area contributed by atoms with Crippen LogP contribution in [0.25, 0.3) is 5.69 Å². The highest BCUT2D eigenvalue weighted by molar-refractivity contribution is 7.89. The number of aromatic nitrogens is 2. The van der Waals surface area contributed by atoms with Gasteiger partial charge in [-0.2, -0.15) is 5.10 Å². The molecule has 6 nitrogen and oxygen atoms in total. The Morgan fingerprint density at radius 3 is 2.62 bits per heavy atom. The molecule has 0 radical (unpaired) electrons. The predicted octanol–water partition coefficient (Wildman–Crippen LogP) is 1.88. The number of nitrogen functional groups attached to an aromatic ring is 1. The summed E-state index contributed by atoms with van der Waals surface area (Å²) in [6.07, 6.45) is 1.78. The Morgan fingerprint density at radius 1 is 1.33 bits per heavy atom. The Morgan fingerprint density at radius 2 is 2.05 bits per heavy atom. The topological polar surface area (TPSA) is 90.0 Å². The van der Waals surface area contributed by atoms with Gasteiger partial charge in [-0.05, 0) is 30.2 Å². The number of benzene rings is 1. The zero-order valence-corrected chi connectivity index (χ0v) is 13.2. The van der Waals surface area contributed by atoms with E-state index in [2.05, 4.69) is 9.82 Å². The summed E-state index contributed by atoms with van der Waals surface area (Å²) in [7, 11) is -3.51. The molecule has 3 N–H and O–H groups in total. The Balaban J connectivity index is 2.48. The van der Waals surface area contributed by atoms with Crippen molar-refractivity contribution >= 4 is 15.7 Å². The Hall–Kier alpha value is -1.86. The molecule has 0 saturated heterocycles. The van der Waals surface area contributed by atoms with Gasteiger partial charge in [0.25, 0.3) is 0 Å². The van der Waals surface area contributed by atoms with Gasteiger partial charge >= 0.3 is 0 Å². The zero-order chi connectivity index (χ0) is 15.6. The van der Waals surface area contributed by atoms with Crippen LogP contribution in [0.4, 0.5) is 5.69 Å². The minimum Gasteiger partial charge on any atom is -0.397 e. The van der Waals surface area contributed by atoms with Crippen LogP contribution in [0.15, 0.2) is 35.4 Å². The number of nitrogens with one attached hydrogen (secondary N) is 1. The maximum absolute atomic E-state index is 12.1. The van der Waals surface area contributed by atoms with E-state index in [1.165, 1.54) is 12.1 Å². The second-order valence-corrected chi connectivity index (χ2v) is 6.83. The van der Waals surface area contributed by atoms with E-state index in [4.69, 9.17) is 5.73 Å². The minimum absolute atomic E-state index is 0.176. The quantitative estimate of drug-likeness (QED) is 0.825. The van der Waals surface area contributed by atoms with Gasteiger partial charge in [0.1, 0.15) is 0 Å². The van der Waals surface area contributed by atoms with Crippen LogP contribution in [0.1, 0.15) is 32.4 Å². The molecule has 0 aliphatic rings. The van der Waals surface area contributed by atoms with Gasteiger partial charge in [-0.15, -0.1) is 0 Å². The van der Waals surface area contributed by atoms with Gasteiger partial charge in [-0.25, -0.2) is 17.8 Å². The van der Waals surface area contributed by atoms with Crippen molar-refractivity contribution < 1.29 is 8.42 Å². The van der Waals surface area contributed by atoms with E-state index in [0.717, 1.165) is 5.69 Å². The lowest BCUT2D eigenvalue weighted by Crippen LogP contribution is -2.23. The van der Waals surface area contributed by atoms with E-state index < -0.39 is 10.0 Å². The van der Waals surface area contributed by atoms with Crippen molar-refractivity contribution in [3.05, 3.63) is 36.2 Å². The molecule has 0 unspecified atom stereocenters. The molecule has 1 aromatic carbocycles. The smallest absolute Gasteiger partial charge is 0.240 e. The third-order valence-electron chi connectivity index (χ3n) is 3.09. The maximum atomic E-state index is 12.1. The molecule has 114 valence electrons. The molecule has 0 amide bonds. The number of hydrogen-bond donors (Lipinski definition) is 2. The van der Waals surface area contributed by atoms with Gasteiger partial charge in [-0.3, -0.25) is 0 Å². The van der Waals surface area contributed by atoms with Crippen molar-refractivity contribution in [2.24, 2.45) is 0 Å². The number of rotatable bonds is 5. The number of anilines is 1. The molecule has 2 rings (SSSR count). The van der Waals surface area contributed by atoms with Crippen LogP contribution >= 0.6 is 0 Å². The molecule has 0 aliphatic carbocycles. The highest BCUT2D eigenvalue weighted by Gasteiger charge is 2.16. The van der Waals surface area contributed by atoms with E-state index in [1.807, 2.05) is 19.9 Å². The van der Waals surface area contributed by atoms with Gasteiger partial charge in [0.2, 0.25) is 10.0 Å². The van der Waals surface area contributed by atoms with Crippen molar-refractivity contribution in [2.75, 3.05) is 12.3 Å². The fourth-order valence-corrected chi connectivity index (χ4v) is 3.00. The van der Waals surface area contributed by atoms with Crippen molar-refractivity contribution in [3.8, 4) is 5.69 Å². The number of nitrogens with zero attached hydrogens (tertiary/aromatic N) is 2. The number of nitrogens with two attached hydrogens (primary N) is 1. The van der Waals surface area contributed by atoms with Crippen LogP contribution in [0.2, 0.25) is 0 Å². The summed E-state index contributed by atoms with van der Waals surface area (Å²) in [5.74, 6) is 0.293. The summed E-state index contributed by atoms with van der Waals surface area (Å²) in [6, 6.07) is 6.50. The van der Waals surface area contributed by atoms with Crippen LogP contribution < -0.4 is 10.5 Å². The van der Waals surface area contributed by atoms with E-state index in [0.29, 0.717) is 23.8 Å². The van der Waals surface area contributed by atoms with Crippen molar-refractivity contribution in [1.29, 1.82) is 0 Å². The van der Waals surface area contributed by atoms with Gasteiger partial charge in [0.15, 0.2) is 0 Å². The first kappa shape index (κ1) is 15.5. The van der Waals surface area contributed by atoms with Crippen LogP contribution in [0.3, 0.4) is 0 Å². The Labute approximate surface area is 125 Å². The van der Waals surface area contributed by atoms with E-state index >= 15 is 0 Å². The lowest BCUT2D eigenvalue weighted by molar-refractivity contribution is 0.584. The van der Waals surface area contributed by atoms with Crippen molar-refractivity contribution in [2.45, 2.75) is 31.6 Å². The molecular weight excluding hydrogens is 288 g/mol. The third-order valence-corrected chi connectivity index (χ3v) is 4.64. The Kier molecular flexibility index (Phi) is 4.34. The summed E-state index contributed by atoms with van der Waals surface area (Å²) in [4.78, 5) is 0.176. The van der Waals surface area contributed by atoms with Crippen LogP contribution in [-0.4, -0.2) is 24.7 Å². The van der Waals surface area contributed by atoms with Gasteiger partial charge in [0, 0.05) is 12.7 Å². The summed E-state index contributed by atoms with van der Waals surface area (Å²) >= 11 is 0. The van der Waals surface area contributed by atoms with Crippen LogP contribution in [0.5, 0.6) is 0 Å². The van der Waals surface area contributed by atoms with Gasteiger partial charge in [-0.1, -0.05) is 20.8 Å². The standard InChI is InChI=1S/C14H20N4O2S/c1-4-16-21(19,20)11-5-6-12(15)14(9-11)18-8-7-13(17-18)10(2)3/h5-10,16H,4,15H2,1-3H3. The molecule has 0 bridgehead atoms. The largest absolute Gasteiger partial charge is 0.397 e. The summed E-state index contributed by atoms with van der Waals surface area (Å²) in [5.41, 5.74) is 7.91. The molecule has 0 atom stereocenters. The fraction of sp³-hybridized carbons (Fsp3) is 0.357. The van der Waals surface area contributed by atoms with E-state index in [1.54, 1.807) is 23.9 Å². The average molecular weight is 308 g/mol. The van der Waals surface area contributed by atoms with Crippen molar-refractivity contribution in [1.82, 2.24) is 14.5 Å². The van der Waals surface area contributed by atoms with Crippen LogP contribution in [0, 0.1) is 0 Å². The molecule has 0 aliphatic heterocycles. The second kappa shape index (κ2) is 5.87. The van der Waals surface area contributed by atoms with Crippen LogP contribution in [-0.2, 0) is 10.0 Å². The summed E-state index contributed by atoms with van der Waals surface area (Å²) in [5, 5.41) is 4.43. The average Bonchev–Trinajstić information content (AvgIpc) is 2.88. The fourth-order valence-electron chi connectivity index (χ4n) is 1.94. The second-order valence-electron chi connectivity index (χ2n) is 5.06. The Bertz CT molecular complexity index is 735. The number of sulfonamides is 1. The maximum Gasteiger partial charge on any atom is 0.240 e. The third kappa shape index (κ3) is 3.25. The molecule has 21 heavy (non-hydrogen) atoms. The molecule has 0 saturated carbocycles. The zero-order valence-electron chi connectivity index (χ0n) is 12.4. The first-order valence-corrected chi connectivity index (χ1v) is 8.28. The molecule has 0 spiro atoms. The monoisotopic (exact) mass is 308 g/mol. The van der Waals surface area contributed by atoms with Gasteiger partial charge in [0.05, 0.1) is 22.0 Å².